The van der Waals surface area contributed by atoms with Crippen LogP contribution in [0.2, 0.25) is 0 Å². The number of amides is 2. The van der Waals surface area contributed by atoms with E-state index in [0.29, 0.717) is 28.1 Å². The van der Waals surface area contributed by atoms with Gasteiger partial charge >= 0.3 is 6.18 Å². The number of aryl methyl sites for hydroxylation is 1. The van der Waals surface area contributed by atoms with Crippen LogP contribution < -0.4 is 10.6 Å². The monoisotopic (exact) mass is 492 g/mol. The van der Waals surface area contributed by atoms with Gasteiger partial charge in [-0.3, -0.25) is 9.59 Å². The number of alkyl halides is 3. The van der Waals surface area contributed by atoms with E-state index in [9.17, 15) is 27.9 Å². The summed E-state index contributed by atoms with van der Waals surface area (Å²) in [4.78, 5) is 24.3. The summed E-state index contributed by atoms with van der Waals surface area (Å²) in [6.07, 6.45) is -1.06. The molecular formula is C28H23F3N2O3. The van der Waals surface area contributed by atoms with Crippen molar-refractivity contribution in [3.63, 3.8) is 0 Å². The third-order valence-electron chi connectivity index (χ3n) is 5.75. The molecule has 0 aliphatic carbocycles. The molecule has 2 amide bonds. The Labute approximate surface area is 206 Å². The molecule has 0 bridgehead atoms. The van der Waals surface area contributed by atoms with Crippen LogP contribution in [0.3, 0.4) is 0 Å². The van der Waals surface area contributed by atoms with E-state index in [0.717, 1.165) is 23.3 Å². The van der Waals surface area contributed by atoms with Crippen LogP contribution in [0.15, 0.2) is 85.0 Å². The first-order valence-electron chi connectivity index (χ1n) is 11.2. The average molecular weight is 492 g/mol. The van der Waals surface area contributed by atoms with E-state index in [1.165, 1.54) is 24.3 Å². The second-order valence-electron chi connectivity index (χ2n) is 8.41. The third-order valence-corrected chi connectivity index (χ3v) is 5.75. The number of anilines is 2. The smallest absolute Gasteiger partial charge is 0.383 e. The van der Waals surface area contributed by atoms with Crippen LogP contribution in [0.25, 0.3) is 5.57 Å². The van der Waals surface area contributed by atoms with Gasteiger partial charge in [0, 0.05) is 29.4 Å². The first-order chi connectivity index (χ1) is 17.1. The number of aliphatic hydroxyl groups is 1. The summed E-state index contributed by atoms with van der Waals surface area (Å²) >= 11 is 0. The Kier molecular flexibility index (Phi) is 7.07. The standard InChI is InChI=1S/C28H23F3N2O3/c1-17-5-2-6-19(15-17)21(18-11-13-20(14-12-18)28(29,30)31)7-3-10-26(35)32-23-8-4-9-24-22(23)16-25(34)27(36)33-24/h2-15,25,34H,16H2,1H3,(H,32,35)(H,33,36). The number of fused-ring (bicyclic) bond motifs is 1. The zero-order chi connectivity index (χ0) is 25.9. The van der Waals surface area contributed by atoms with E-state index >= 15 is 0 Å². The largest absolute Gasteiger partial charge is 0.416 e. The summed E-state index contributed by atoms with van der Waals surface area (Å²) in [5.74, 6) is -0.940. The van der Waals surface area contributed by atoms with Gasteiger partial charge in [0.2, 0.25) is 5.91 Å². The number of carbonyl (C=O) groups excluding carboxylic acids is 2. The summed E-state index contributed by atoms with van der Waals surface area (Å²) < 4.78 is 39.0. The molecule has 0 saturated heterocycles. The van der Waals surface area contributed by atoms with Crippen molar-refractivity contribution in [3.05, 3.63) is 113 Å². The number of carbonyl (C=O) groups is 2. The van der Waals surface area contributed by atoms with Gasteiger partial charge in [-0.05, 0) is 47.9 Å². The predicted molar refractivity (Wildman–Crippen MR) is 132 cm³/mol. The number of allylic oxidation sites excluding steroid dienone is 2. The van der Waals surface area contributed by atoms with Crippen molar-refractivity contribution < 1.29 is 27.9 Å². The van der Waals surface area contributed by atoms with Crippen molar-refractivity contribution in [2.75, 3.05) is 10.6 Å². The van der Waals surface area contributed by atoms with Crippen LogP contribution in [0, 0.1) is 6.92 Å². The Morgan fingerprint density at radius 2 is 1.78 bits per heavy atom. The third kappa shape index (κ3) is 5.72. The first kappa shape index (κ1) is 24.9. The topological polar surface area (TPSA) is 78.4 Å². The number of hydrogen-bond acceptors (Lipinski definition) is 3. The number of nitrogens with one attached hydrogen (secondary N) is 2. The first-order valence-corrected chi connectivity index (χ1v) is 11.2. The van der Waals surface area contributed by atoms with Gasteiger partial charge in [0.15, 0.2) is 0 Å². The molecule has 36 heavy (non-hydrogen) atoms. The molecule has 3 aromatic rings. The number of benzene rings is 3. The molecular weight excluding hydrogens is 469 g/mol. The minimum Gasteiger partial charge on any atom is -0.383 e. The van der Waals surface area contributed by atoms with Crippen molar-refractivity contribution in [1.82, 2.24) is 0 Å². The zero-order valence-corrected chi connectivity index (χ0v) is 19.3. The van der Waals surface area contributed by atoms with E-state index in [4.69, 9.17) is 0 Å². The summed E-state index contributed by atoms with van der Waals surface area (Å²) in [5.41, 5.74) is 3.86. The van der Waals surface area contributed by atoms with Crippen LogP contribution in [-0.2, 0) is 22.2 Å². The lowest BCUT2D eigenvalue weighted by atomic mass is 9.95. The minimum atomic E-state index is -4.43. The Balaban J connectivity index is 1.59. The van der Waals surface area contributed by atoms with Crippen LogP contribution >= 0.6 is 0 Å². The molecule has 1 atom stereocenters. The molecule has 1 aliphatic rings. The SMILES string of the molecule is Cc1cccc(C(=CC=CC(=O)Nc2cccc3c2CC(O)C(=O)N3)c2ccc(C(F)(F)F)cc2)c1. The van der Waals surface area contributed by atoms with Gasteiger partial charge < -0.3 is 15.7 Å². The number of aliphatic hydroxyl groups excluding tert-OH is 1. The summed E-state index contributed by atoms with van der Waals surface area (Å²) in [5, 5.41) is 15.2. The van der Waals surface area contributed by atoms with E-state index in [1.54, 1.807) is 24.3 Å². The van der Waals surface area contributed by atoms with E-state index < -0.39 is 29.7 Å². The van der Waals surface area contributed by atoms with Gasteiger partial charge in [-0.2, -0.15) is 13.2 Å². The molecule has 1 unspecified atom stereocenters. The quantitative estimate of drug-likeness (QED) is 0.325. The Hall–Kier alpha value is -4.17. The highest BCUT2D eigenvalue weighted by Crippen LogP contribution is 2.32. The number of hydrogen-bond donors (Lipinski definition) is 3. The van der Waals surface area contributed by atoms with E-state index in [2.05, 4.69) is 10.6 Å². The lowest BCUT2D eigenvalue weighted by molar-refractivity contribution is -0.137. The summed E-state index contributed by atoms with van der Waals surface area (Å²) in [6.45, 7) is 1.91. The minimum absolute atomic E-state index is 0.0761. The fraction of sp³-hybridized carbons (Fsp3) is 0.143. The normalized spacial score (nSPS) is 16.0. The Morgan fingerprint density at radius 1 is 1.06 bits per heavy atom. The lowest BCUT2D eigenvalue weighted by Gasteiger charge is -2.23. The van der Waals surface area contributed by atoms with E-state index in [-0.39, 0.29) is 6.42 Å². The predicted octanol–water partition coefficient (Wildman–Crippen LogP) is 5.50. The fourth-order valence-electron chi connectivity index (χ4n) is 3.96. The highest BCUT2D eigenvalue weighted by molar-refractivity contribution is 6.03. The molecule has 3 N–H and O–H groups in total. The molecule has 0 radical (unpaired) electrons. The maximum Gasteiger partial charge on any atom is 0.416 e. The van der Waals surface area contributed by atoms with Crippen molar-refractivity contribution in [3.8, 4) is 0 Å². The van der Waals surface area contributed by atoms with E-state index in [1.807, 2.05) is 31.2 Å². The molecule has 0 spiro atoms. The molecule has 0 aromatic heterocycles. The zero-order valence-electron chi connectivity index (χ0n) is 19.3. The van der Waals surface area contributed by atoms with Crippen molar-refractivity contribution in [2.24, 2.45) is 0 Å². The van der Waals surface area contributed by atoms with Crippen LogP contribution in [-0.4, -0.2) is 23.0 Å². The molecule has 8 heteroatoms. The van der Waals surface area contributed by atoms with Crippen molar-refractivity contribution in [1.29, 1.82) is 0 Å². The highest BCUT2D eigenvalue weighted by atomic mass is 19.4. The summed E-state index contributed by atoms with van der Waals surface area (Å²) in [6, 6.07) is 17.4. The average Bonchev–Trinajstić information content (AvgIpc) is 2.83. The van der Waals surface area contributed by atoms with Crippen LogP contribution in [0.5, 0.6) is 0 Å². The van der Waals surface area contributed by atoms with Crippen molar-refractivity contribution >= 4 is 28.8 Å². The van der Waals surface area contributed by atoms with Gasteiger partial charge in [-0.15, -0.1) is 0 Å². The molecule has 3 aromatic carbocycles. The van der Waals surface area contributed by atoms with Gasteiger partial charge in [-0.1, -0.05) is 60.2 Å². The van der Waals surface area contributed by atoms with Crippen LogP contribution in [0.1, 0.15) is 27.8 Å². The van der Waals surface area contributed by atoms with Gasteiger partial charge in [-0.25, -0.2) is 0 Å². The molecule has 5 nitrogen and oxygen atoms in total. The van der Waals surface area contributed by atoms with Gasteiger partial charge in [0.05, 0.1) is 5.56 Å². The van der Waals surface area contributed by atoms with Gasteiger partial charge in [0.1, 0.15) is 6.10 Å². The second kappa shape index (κ2) is 10.2. The highest BCUT2D eigenvalue weighted by Gasteiger charge is 2.30. The lowest BCUT2D eigenvalue weighted by Crippen LogP contribution is -2.34. The Morgan fingerprint density at radius 3 is 2.47 bits per heavy atom. The van der Waals surface area contributed by atoms with Gasteiger partial charge in [0.25, 0.3) is 5.91 Å². The summed E-state index contributed by atoms with van der Waals surface area (Å²) in [7, 11) is 0. The molecule has 0 fully saturated rings. The van der Waals surface area contributed by atoms with Crippen LogP contribution in [0.4, 0.5) is 24.5 Å². The fourth-order valence-corrected chi connectivity index (χ4v) is 3.96. The molecule has 1 heterocycles. The molecule has 4 rings (SSSR count). The molecule has 1 aliphatic heterocycles. The van der Waals surface area contributed by atoms with Crippen molar-refractivity contribution in [2.45, 2.75) is 25.6 Å². The second-order valence-corrected chi connectivity index (χ2v) is 8.41. The number of rotatable bonds is 5. The maximum absolute atomic E-state index is 13.0. The molecule has 184 valence electrons. The maximum atomic E-state index is 13.0. The molecule has 0 saturated carbocycles. The Bertz CT molecular complexity index is 1360. The number of halogens is 3.